The van der Waals surface area contributed by atoms with Gasteiger partial charge in [0.25, 0.3) is 0 Å². The number of aromatic nitrogens is 2. The maximum Gasteiger partial charge on any atom is 0.416 e. The lowest BCUT2D eigenvalue weighted by Crippen LogP contribution is -2.17. The Balaban J connectivity index is 2.50. The van der Waals surface area contributed by atoms with Crippen LogP contribution in [-0.4, -0.2) is 25.7 Å². The number of hydrogen-bond acceptors (Lipinski definition) is 2. The summed E-state index contributed by atoms with van der Waals surface area (Å²) in [6.45, 7) is 0. The number of carbonyl (C=O) groups is 1. The van der Waals surface area contributed by atoms with Crippen molar-refractivity contribution in [3.8, 4) is 5.69 Å². The molecule has 12 heteroatoms. The molecule has 2 atom stereocenters. The molecule has 0 amide bonds. The second-order valence-electron chi connectivity index (χ2n) is 5.12. The van der Waals surface area contributed by atoms with Crippen molar-refractivity contribution in [2.45, 2.75) is 22.0 Å². The molecule has 1 N–H and O–H groups in total. The van der Waals surface area contributed by atoms with E-state index in [-0.39, 0.29) is 11.6 Å². The minimum atomic E-state index is -4.98. The van der Waals surface area contributed by atoms with Crippen LogP contribution in [0.25, 0.3) is 5.69 Å². The van der Waals surface area contributed by atoms with Gasteiger partial charge in [0.2, 0.25) is 0 Å². The van der Waals surface area contributed by atoms with Gasteiger partial charge in [0, 0.05) is 11.8 Å². The topological polar surface area (TPSA) is 55.1 Å². The van der Waals surface area contributed by atoms with Gasteiger partial charge in [-0.05, 0) is 18.2 Å². The summed E-state index contributed by atoms with van der Waals surface area (Å²) in [5, 5.41) is 12.7. The first kappa shape index (κ1) is 20.7. The van der Waals surface area contributed by atoms with Crippen LogP contribution in [0, 0.1) is 0 Å². The highest BCUT2D eigenvalue weighted by Gasteiger charge is 2.37. The van der Waals surface area contributed by atoms with Crippen molar-refractivity contribution >= 4 is 37.8 Å². The molecule has 142 valence electrons. The van der Waals surface area contributed by atoms with Crippen LogP contribution < -0.4 is 0 Å². The number of rotatable bonds is 4. The molecule has 0 fully saturated rings. The van der Waals surface area contributed by atoms with Gasteiger partial charge in [-0.15, -0.1) is 0 Å². The molecule has 1 aromatic carbocycles. The third-order valence-corrected chi connectivity index (χ3v) is 5.94. The SMILES string of the molecule is O=C(O)C(Br)C(Br)c1cnn(-c2cc(C(F)(F)F)cc(C(F)(F)F)c2)c1. The van der Waals surface area contributed by atoms with Crippen molar-refractivity contribution in [1.82, 2.24) is 9.78 Å². The Labute approximate surface area is 159 Å². The van der Waals surface area contributed by atoms with E-state index in [0.29, 0.717) is 12.1 Å². The van der Waals surface area contributed by atoms with Crippen LogP contribution >= 0.6 is 31.9 Å². The molecule has 0 saturated heterocycles. The Morgan fingerprint density at radius 3 is 1.96 bits per heavy atom. The van der Waals surface area contributed by atoms with E-state index in [9.17, 15) is 31.1 Å². The molecule has 0 spiro atoms. The molecule has 0 aliphatic heterocycles. The van der Waals surface area contributed by atoms with Crippen LogP contribution in [0.15, 0.2) is 30.6 Å². The zero-order chi connectivity index (χ0) is 19.9. The van der Waals surface area contributed by atoms with Crippen molar-refractivity contribution in [2.75, 3.05) is 0 Å². The zero-order valence-corrected chi connectivity index (χ0v) is 15.5. The van der Waals surface area contributed by atoms with Gasteiger partial charge in [-0.1, -0.05) is 31.9 Å². The number of nitrogens with zero attached hydrogens (tertiary/aromatic N) is 2. The summed E-state index contributed by atoms with van der Waals surface area (Å²) >= 11 is 5.99. The minimum absolute atomic E-state index is 0.0140. The lowest BCUT2D eigenvalue weighted by Gasteiger charge is -2.14. The van der Waals surface area contributed by atoms with Crippen molar-refractivity contribution in [3.05, 3.63) is 47.3 Å². The van der Waals surface area contributed by atoms with Gasteiger partial charge >= 0.3 is 18.3 Å². The van der Waals surface area contributed by atoms with E-state index in [1.54, 1.807) is 0 Å². The smallest absolute Gasteiger partial charge is 0.416 e. The van der Waals surface area contributed by atoms with E-state index in [2.05, 4.69) is 37.0 Å². The average Bonchev–Trinajstić information content (AvgIpc) is 3.01. The Kier molecular flexibility index (Phi) is 5.76. The fourth-order valence-corrected chi connectivity index (χ4v) is 2.75. The maximum absolute atomic E-state index is 12.9. The van der Waals surface area contributed by atoms with Crippen molar-refractivity contribution in [3.63, 3.8) is 0 Å². The molecule has 0 aliphatic carbocycles. The van der Waals surface area contributed by atoms with Crippen molar-refractivity contribution < 1.29 is 36.2 Å². The highest BCUT2D eigenvalue weighted by molar-refractivity contribution is 9.12. The standard InChI is InChI=1S/C14H8Br2F6N2O2/c15-10(11(16)12(25)26)6-4-23-24(5-6)9-2-7(13(17,18)19)1-8(3-9)14(20,21)22/h1-5,10-11H,(H,25,26). The van der Waals surface area contributed by atoms with Crippen LogP contribution in [-0.2, 0) is 17.1 Å². The lowest BCUT2D eigenvalue weighted by molar-refractivity contribution is -0.143. The van der Waals surface area contributed by atoms with Gasteiger partial charge in [0.1, 0.15) is 4.83 Å². The van der Waals surface area contributed by atoms with Gasteiger partial charge in [-0.2, -0.15) is 31.4 Å². The fourth-order valence-electron chi connectivity index (χ4n) is 1.99. The van der Waals surface area contributed by atoms with Gasteiger partial charge in [-0.3, -0.25) is 4.79 Å². The molecule has 0 aliphatic rings. The van der Waals surface area contributed by atoms with E-state index in [1.165, 1.54) is 0 Å². The minimum Gasteiger partial charge on any atom is -0.480 e. The molecular formula is C14H8Br2F6N2O2. The number of benzene rings is 1. The summed E-state index contributed by atoms with van der Waals surface area (Å²) in [6.07, 6.45) is -7.67. The number of alkyl halides is 8. The third kappa shape index (κ3) is 4.58. The summed E-state index contributed by atoms with van der Waals surface area (Å²) in [5.41, 5.74) is -3.16. The summed E-state index contributed by atoms with van der Waals surface area (Å²) in [5.74, 6) is -1.21. The summed E-state index contributed by atoms with van der Waals surface area (Å²) in [4.78, 5) is 9.07. The molecule has 26 heavy (non-hydrogen) atoms. The molecule has 2 rings (SSSR count). The maximum atomic E-state index is 12.9. The molecule has 4 nitrogen and oxygen atoms in total. The van der Waals surface area contributed by atoms with E-state index in [0.717, 1.165) is 17.1 Å². The number of carboxylic acids is 1. The second kappa shape index (κ2) is 7.22. The zero-order valence-electron chi connectivity index (χ0n) is 12.3. The molecular weight excluding hydrogens is 502 g/mol. The molecule has 2 aromatic rings. The Morgan fingerprint density at radius 1 is 1.04 bits per heavy atom. The number of aliphatic carboxylic acids is 1. The third-order valence-electron chi connectivity index (χ3n) is 3.25. The first-order chi connectivity index (χ1) is 11.8. The first-order valence-corrected chi connectivity index (χ1v) is 8.49. The van der Waals surface area contributed by atoms with Gasteiger partial charge in [0.05, 0.1) is 27.8 Å². The molecule has 2 unspecified atom stereocenters. The molecule has 0 bridgehead atoms. The molecule has 0 radical (unpaired) electrons. The largest absolute Gasteiger partial charge is 0.480 e. The van der Waals surface area contributed by atoms with Crippen LogP contribution in [0.3, 0.4) is 0 Å². The molecule has 1 aromatic heterocycles. The van der Waals surface area contributed by atoms with E-state index in [1.807, 2.05) is 0 Å². The number of carboxylic acid groups (broad SMARTS) is 1. The number of halogens is 8. The first-order valence-electron chi connectivity index (χ1n) is 6.66. The second-order valence-corrected chi connectivity index (χ2v) is 7.10. The van der Waals surface area contributed by atoms with Gasteiger partial charge < -0.3 is 5.11 Å². The monoisotopic (exact) mass is 508 g/mol. The Hall–Kier alpha value is -1.56. The van der Waals surface area contributed by atoms with E-state index < -0.39 is 44.8 Å². The highest BCUT2D eigenvalue weighted by atomic mass is 79.9. The summed E-state index contributed by atoms with van der Waals surface area (Å²) in [6, 6.07) is 1.07. The van der Waals surface area contributed by atoms with E-state index in [4.69, 9.17) is 5.11 Å². The molecule has 0 saturated carbocycles. The fraction of sp³-hybridized carbons (Fsp3) is 0.286. The van der Waals surface area contributed by atoms with Crippen LogP contribution in [0.5, 0.6) is 0 Å². The number of hydrogen-bond donors (Lipinski definition) is 1. The van der Waals surface area contributed by atoms with Crippen molar-refractivity contribution in [1.29, 1.82) is 0 Å². The predicted molar refractivity (Wildman–Crippen MR) is 85.6 cm³/mol. The molecule has 1 heterocycles. The lowest BCUT2D eigenvalue weighted by atomic mass is 10.1. The van der Waals surface area contributed by atoms with Crippen LogP contribution in [0.2, 0.25) is 0 Å². The normalized spacial score (nSPS) is 14.9. The quantitative estimate of drug-likeness (QED) is 0.455. The van der Waals surface area contributed by atoms with Crippen LogP contribution in [0.4, 0.5) is 26.3 Å². The summed E-state index contributed by atoms with van der Waals surface area (Å²) < 4.78 is 78.2. The highest BCUT2D eigenvalue weighted by Crippen LogP contribution is 2.37. The van der Waals surface area contributed by atoms with Crippen molar-refractivity contribution in [2.24, 2.45) is 0 Å². The van der Waals surface area contributed by atoms with Gasteiger partial charge in [0.15, 0.2) is 0 Å². The Bertz CT molecular complexity index is 786. The van der Waals surface area contributed by atoms with Crippen LogP contribution in [0.1, 0.15) is 21.5 Å². The Morgan fingerprint density at radius 2 is 1.54 bits per heavy atom. The van der Waals surface area contributed by atoms with Gasteiger partial charge in [-0.25, -0.2) is 4.68 Å². The predicted octanol–water partition coefficient (Wildman–Crippen LogP) is 5.19. The average molecular weight is 510 g/mol. The summed E-state index contributed by atoms with van der Waals surface area (Å²) in [7, 11) is 0. The van der Waals surface area contributed by atoms with E-state index >= 15 is 0 Å².